The molecule has 0 heterocycles. The number of benzene rings is 3. The Balaban J connectivity index is 2.02. The molecule has 1 unspecified atom stereocenters. The van der Waals surface area contributed by atoms with Crippen LogP contribution in [-0.4, -0.2) is 50.4 Å². The van der Waals surface area contributed by atoms with Gasteiger partial charge in [0.2, 0.25) is 11.8 Å². The summed E-state index contributed by atoms with van der Waals surface area (Å²) in [6.45, 7) is 6.72. The van der Waals surface area contributed by atoms with Crippen LogP contribution in [0, 0.1) is 0 Å². The smallest absolute Gasteiger partial charge is 0.264 e. The van der Waals surface area contributed by atoms with Crippen LogP contribution in [0.25, 0.3) is 0 Å². The first kappa shape index (κ1) is 30.0. The highest BCUT2D eigenvalue weighted by atomic mass is 35.5. The van der Waals surface area contributed by atoms with Gasteiger partial charge < -0.3 is 15.0 Å². The van der Waals surface area contributed by atoms with E-state index in [-0.39, 0.29) is 17.3 Å². The van der Waals surface area contributed by atoms with E-state index < -0.39 is 34.1 Å². The van der Waals surface area contributed by atoms with Gasteiger partial charge in [-0.05, 0) is 81.8 Å². The van der Waals surface area contributed by atoms with E-state index in [9.17, 15) is 18.0 Å². The third-order valence-electron chi connectivity index (χ3n) is 5.88. The summed E-state index contributed by atoms with van der Waals surface area (Å²) in [4.78, 5) is 28.4. The van der Waals surface area contributed by atoms with E-state index in [0.29, 0.717) is 16.5 Å². The van der Waals surface area contributed by atoms with Crippen LogP contribution in [0.3, 0.4) is 0 Å². The number of amides is 2. The number of para-hydroxylation sites is 1. The van der Waals surface area contributed by atoms with Crippen LogP contribution in [0.1, 0.15) is 33.3 Å². The molecule has 0 bridgehead atoms. The lowest BCUT2D eigenvalue weighted by atomic mass is 10.1. The van der Waals surface area contributed by atoms with Crippen molar-refractivity contribution in [2.24, 2.45) is 0 Å². The van der Waals surface area contributed by atoms with Crippen molar-refractivity contribution in [2.45, 2.75) is 50.7 Å². The lowest BCUT2D eigenvalue weighted by Gasteiger charge is -2.33. The number of carbonyl (C=O) groups excluding carboxylic acids is 2. The van der Waals surface area contributed by atoms with Gasteiger partial charge in [0, 0.05) is 17.1 Å². The quantitative estimate of drug-likeness (QED) is 0.374. The number of carbonyl (C=O) groups is 2. The second-order valence-corrected chi connectivity index (χ2v) is 12.4. The van der Waals surface area contributed by atoms with Crippen LogP contribution in [0.5, 0.6) is 5.75 Å². The van der Waals surface area contributed by atoms with Crippen molar-refractivity contribution >= 4 is 39.1 Å². The highest BCUT2D eigenvalue weighted by molar-refractivity contribution is 7.92. The molecule has 0 saturated carbocycles. The Kier molecular flexibility index (Phi) is 9.63. The largest absolute Gasteiger partial charge is 0.497 e. The topological polar surface area (TPSA) is 96.0 Å². The maximum atomic E-state index is 13.9. The van der Waals surface area contributed by atoms with E-state index in [1.54, 1.807) is 62.6 Å². The van der Waals surface area contributed by atoms with Crippen molar-refractivity contribution in [1.82, 2.24) is 10.2 Å². The summed E-state index contributed by atoms with van der Waals surface area (Å²) in [5, 5.41) is 3.30. The number of nitrogens with zero attached hydrogens (tertiary/aromatic N) is 2. The second kappa shape index (κ2) is 12.5. The van der Waals surface area contributed by atoms with E-state index in [4.69, 9.17) is 16.3 Å². The zero-order valence-corrected chi connectivity index (χ0v) is 24.3. The minimum Gasteiger partial charge on any atom is -0.497 e. The standard InChI is InChI=1S/C29H34ClN3O5S/c1-21(28(35)31-29(2,3)4)32(19-22-10-9-13-25(18-22)38-5)27(34)20-33(24-11-7-6-8-12-24)39(36,37)26-16-14-23(30)15-17-26/h6-18,21H,19-20H2,1-5H3,(H,31,35). The van der Waals surface area contributed by atoms with Gasteiger partial charge in [-0.15, -0.1) is 0 Å². The van der Waals surface area contributed by atoms with Crippen LogP contribution in [-0.2, 0) is 26.2 Å². The molecule has 3 aromatic carbocycles. The SMILES string of the molecule is COc1cccc(CN(C(=O)CN(c2ccccc2)S(=O)(=O)c2ccc(Cl)cc2)C(C)C(=O)NC(C)(C)C)c1. The minimum atomic E-state index is -4.15. The maximum Gasteiger partial charge on any atom is 0.264 e. The molecule has 8 nitrogen and oxygen atoms in total. The molecule has 208 valence electrons. The van der Waals surface area contributed by atoms with Gasteiger partial charge in [-0.1, -0.05) is 41.9 Å². The van der Waals surface area contributed by atoms with Crippen molar-refractivity contribution in [2.75, 3.05) is 18.0 Å². The van der Waals surface area contributed by atoms with Crippen LogP contribution in [0.15, 0.2) is 83.8 Å². The minimum absolute atomic E-state index is 0.0126. The molecule has 0 aliphatic carbocycles. The molecule has 0 aromatic heterocycles. The Morgan fingerprint density at radius 3 is 2.21 bits per heavy atom. The molecule has 3 rings (SSSR count). The fourth-order valence-electron chi connectivity index (χ4n) is 3.88. The molecule has 1 N–H and O–H groups in total. The maximum absolute atomic E-state index is 13.9. The van der Waals surface area contributed by atoms with Gasteiger partial charge in [-0.3, -0.25) is 13.9 Å². The molecular weight excluding hydrogens is 538 g/mol. The summed E-state index contributed by atoms with van der Waals surface area (Å²) in [6.07, 6.45) is 0. The predicted octanol–water partition coefficient (Wildman–Crippen LogP) is 4.88. The molecule has 39 heavy (non-hydrogen) atoms. The first-order chi connectivity index (χ1) is 18.3. The second-order valence-electron chi connectivity index (χ2n) is 10.1. The summed E-state index contributed by atoms with van der Waals surface area (Å²) in [5.41, 5.74) is 0.517. The zero-order valence-electron chi connectivity index (χ0n) is 22.7. The number of anilines is 1. The summed E-state index contributed by atoms with van der Waals surface area (Å²) in [7, 11) is -2.61. The van der Waals surface area contributed by atoms with Gasteiger partial charge in [0.15, 0.2) is 0 Å². The van der Waals surface area contributed by atoms with E-state index in [2.05, 4.69) is 5.32 Å². The van der Waals surface area contributed by atoms with Gasteiger partial charge in [-0.25, -0.2) is 8.42 Å². The molecular formula is C29H34ClN3O5S. The van der Waals surface area contributed by atoms with Crippen LogP contribution < -0.4 is 14.4 Å². The molecule has 0 saturated heterocycles. The van der Waals surface area contributed by atoms with E-state index in [0.717, 1.165) is 9.87 Å². The fourth-order valence-corrected chi connectivity index (χ4v) is 5.42. The molecule has 0 fully saturated rings. The number of methoxy groups -OCH3 is 1. The molecule has 10 heteroatoms. The number of halogens is 1. The zero-order chi connectivity index (χ0) is 28.8. The van der Waals surface area contributed by atoms with Crippen LogP contribution in [0.4, 0.5) is 5.69 Å². The van der Waals surface area contributed by atoms with Crippen molar-refractivity contribution in [1.29, 1.82) is 0 Å². The number of hydrogen-bond acceptors (Lipinski definition) is 5. The van der Waals surface area contributed by atoms with E-state index >= 15 is 0 Å². The Morgan fingerprint density at radius 1 is 0.974 bits per heavy atom. The fraction of sp³-hybridized carbons (Fsp3) is 0.310. The Morgan fingerprint density at radius 2 is 1.62 bits per heavy atom. The molecule has 0 aliphatic heterocycles. The van der Waals surface area contributed by atoms with E-state index in [1.807, 2.05) is 26.8 Å². The highest BCUT2D eigenvalue weighted by Gasteiger charge is 2.33. The third-order valence-corrected chi connectivity index (χ3v) is 7.92. The summed E-state index contributed by atoms with van der Waals surface area (Å²) in [6, 6.07) is 20.4. The first-order valence-corrected chi connectivity index (χ1v) is 14.2. The monoisotopic (exact) mass is 571 g/mol. The number of nitrogens with one attached hydrogen (secondary N) is 1. The summed E-state index contributed by atoms with van der Waals surface area (Å²) >= 11 is 5.98. The molecule has 1 atom stereocenters. The number of sulfonamides is 1. The van der Waals surface area contributed by atoms with Crippen molar-refractivity contribution in [3.05, 3.63) is 89.4 Å². The van der Waals surface area contributed by atoms with Crippen molar-refractivity contribution in [3.63, 3.8) is 0 Å². The highest BCUT2D eigenvalue weighted by Crippen LogP contribution is 2.25. The molecule has 0 radical (unpaired) electrons. The van der Waals surface area contributed by atoms with Gasteiger partial charge >= 0.3 is 0 Å². The summed E-state index contributed by atoms with van der Waals surface area (Å²) in [5.74, 6) is -0.302. The van der Waals surface area contributed by atoms with Crippen molar-refractivity contribution < 1.29 is 22.7 Å². The van der Waals surface area contributed by atoms with Gasteiger partial charge in [0.1, 0.15) is 18.3 Å². The first-order valence-electron chi connectivity index (χ1n) is 12.4. The number of rotatable bonds is 10. The molecule has 2 amide bonds. The van der Waals surface area contributed by atoms with E-state index in [1.165, 1.54) is 29.2 Å². The van der Waals surface area contributed by atoms with Gasteiger partial charge in [-0.2, -0.15) is 0 Å². The van der Waals surface area contributed by atoms with Crippen LogP contribution in [0.2, 0.25) is 5.02 Å². The Labute approximate surface area is 235 Å². The average Bonchev–Trinajstić information content (AvgIpc) is 2.89. The Bertz CT molecular complexity index is 1390. The summed E-state index contributed by atoms with van der Waals surface area (Å²) < 4.78 is 33.9. The predicted molar refractivity (Wildman–Crippen MR) is 153 cm³/mol. The molecule has 0 aliphatic rings. The van der Waals surface area contributed by atoms with Crippen LogP contribution >= 0.6 is 11.6 Å². The van der Waals surface area contributed by atoms with Crippen molar-refractivity contribution in [3.8, 4) is 5.75 Å². The van der Waals surface area contributed by atoms with Gasteiger partial charge in [0.25, 0.3) is 10.0 Å². The molecule has 3 aromatic rings. The number of hydrogen-bond donors (Lipinski definition) is 1. The lowest BCUT2D eigenvalue weighted by molar-refractivity contribution is -0.140. The number of ether oxygens (including phenoxy) is 1. The normalized spacial score (nSPS) is 12.4. The van der Waals surface area contributed by atoms with Gasteiger partial charge in [0.05, 0.1) is 17.7 Å². The molecule has 0 spiro atoms. The lowest BCUT2D eigenvalue weighted by Crippen LogP contribution is -2.54. The average molecular weight is 572 g/mol. The third kappa shape index (κ3) is 7.97. The Hall–Kier alpha value is -3.56.